The Morgan fingerprint density at radius 3 is 2.31 bits per heavy atom. The number of hydrogen-bond donors (Lipinski definition) is 1. The first-order valence-corrected chi connectivity index (χ1v) is 5.74. The molecular formula is C14H20O2. The van der Waals surface area contributed by atoms with Gasteiger partial charge in [0.05, 0.1) is 6.42 Å². The first kappa shape index (κ1) is 12.8. The van der Waals surface area contributed by atoms with Crippen LogP contribution < -0.4 is 0 Å². The summed E-state index contributed by atoms with van der Waals surface area (Å²) in [6.07, 6.45) is 1.17. The van der Waals surface area contributed by atoms with E-state index in [1.807, 2.05) is 32.0 Å². The van der Waals surface area contributed by atoms with Crippen LogP contribution in [0.15, 0.2) is 30.3 Å². The number of rotatable bonds is 5. The first-order valence-electron chi connectivity index (χ1n) is 5.74. The predicted molar refractivity (Wildman–Crippen MR) is 65.5 cm³/mol. The molecule has 1 aromatic rings. The minimum atomic E-state index is -0.723. The summed E-state index contributed by atoms with van der Waals surface area (Å²) in [7, 11) is 0. The van der Waals surface area contributed by atoms with E-state index >= 15 is 0 Å². The Balaban J connectivity index is 2.94. The van der Waals surface area contributed by atoms with Gasteiger partial charge >= 0.3 is 5.97 Å². The maximum absolute atomic E-state index is 10.9. The fourth-order valence-electron chi connectivity index (χ4n) is 2.44. The molecule has 1 aromatic carbocycles. The summed E-state index contributed by atoms with van der Waals surface area (Å²) >= 11 is 0. The van der Waals surface area contributed by atoms with Crippen LogP contribution in [-0.2, 0) is 4.79 Å². The van der Waals surface area contributed by atoms with Gasteiger partial charge in [0.1, 0.15) is 0 Å². The van der Waals surface area contributed by atoms with Gasteiger partial charge in [-0.05, 0) is 23.3 Å². The van der Waals surface area contributed by atoms with Crippen molar-refractivity contribution >= 4 is 5.97 Å². The Bertz CT molecular complexity index is 341. The van der Waals surface area contributed by atoms with Gasteiger partial charge in [-0.2, -0.15) is 0 Å². The lowest BCUT2D eigenvalue weighted by Gasteiger charge is -2.33. The number of carboxylic acids is 1. The van der Waals surface area contributed by atoms with Crippen LogP contribution in [0.1, 0.15) is 45.1 Å². The zero-order valence-corrected chi connectivity index (χ0v) is 10.2. The maximum Gasteiger partial charge on any atom is 0.303 e. The number of benzene rings is 1. The van der Waals surface area contributed by atoms with Crippen molar-refractivity contribution in [1.82, 2.24) is 0 Å². The molecule has 0 unspecified atom stereocenters. The molecular weight excluding hydrogens is 200 g/mol. The van der Waals surface area contributed by atoms with Crippen molar-refractivity contribution < 1.29 is 9.90 Å². The third kappa shape index (κ3) is 3.09. The van der Waals surface area contributed by atoms with Gasteiger partial charge in [-0.3, -0.25) is 4.79 Å². The highest BCUT2D eigenvalue weighted by Gasteiger charge is 2.31. The molecule has 0 aliphatic rings. The number of hydrogen-bond acceptors (Lipinski definition) is 1. The van der Waals surface area contributed by atoms with Gasteiger partial charge in [0, 0.05) is 0 Å². The van der Waals surface area contributed by atoms with E-state index < -0.39 is 5.97 Å². The lowest BCUT2D eigenvalue weighted by Crippen LogP contribution is -2.25. The maximum atomic E-state index is 10.9. The highest BCUT2D eigenvalue weighted by Crippen LogP contribution is 2.40. The van der Waals surface area contributed by atoms with Crippen LogP contribution >= 0.6 is 0 Å². The molecule has 2 heteroatoms. The lowest BCUT2D eigenvalue weighted by molar-refractivity contribution is -0.139. The van der Waals surface area contributed by atoms with E-state index in [9.17, 15) is 4.79 Å². The highest BCUT2D eigenvalue weighted by molar-refractivity contribution is 5.67. The SMILES string of the molecule is CC[C@@H](c1ccccc1)C(C)(C)CC(=O)O. The third-order valence-electron chi connectivity index (χ3n) is 3.16. The molecule has 1 atom stereocenters. The fraction of sp³-hybridized carbons (Fsp3) is 0.500. The molecule has 88 valence electrons. The quantitative estimate of drug-likeness (QED) is 0.821. The Morgan fingerprint density at radius 1 is 1.31 bits per heavy atom. The molecule has 0 bridgehead atoms. The van der Waals surface area contributed by atoms with Crippen LogP contribution in [-0.4, -0.2) is 11.1 Å². The second-order valence-corrected chi connectivity index (χ2v) is 4.93. The number of carboxylic acid groups (broad SMARTS) is 1. The highest BCUT2D eigenvalue weighted by atomic mass is 16.4. The van der Waals surface area contributed by atoms with Crippen LogP contribution in [0.5, 0.6) is 0 Å². The van der Waals surface area contributed by atoms with Crippen molar-refractivity contribution in [3.63, 3.8) is 0 Å². The van der Waals surface area contributed by atoms with E-state index in [1.165, 1.54) is 5.56 Å². The van der Waals surface area contributed by atoms with Gasteiger partial charge in [-0.15, -0.1) is 0 Å². The monoisotopic (exact) mass is 220 g/mol. The van der Waals surface area contributed by atoms with Crippen molar-refractivity contribution in [1.29, 1.82) is 0 Å². The van der Waals surface area contributed by atoms with E-state index in [0.29, 0.717) is 5.92 Å². The van der Waals surface area contributed by atoms with Gasteiger partial charge in [0.15, 0.2) is 0 Å². The summed E-state index contributed by atoms with van der Waals surface area (Å²) in [6.45, 7) is 6.17. The molecule has 2 nitrogen and oxygen atoms in total. The molecule has 0 saturated carbocycles. The average molecular weight is 220 g/mol. The molecule has 1 rings (SSSR count). The van der Waals surface area contributed by atoms with Gasteiger partial charge < -0.3 is 5.11 Å². The second kappa shape index (κ2) is 5.15. The Hall–Kier alpha value is -1.31. The first-order chi connectivity index (χ1) is 7.47. The van der Waals surface area contributed by atoms with Crippen LogP contribution in [0, 0.1) is 5.41 Å². The summed E-state index contributed by atoms with van der Waals surface area (Å²) in [4.78, 5) is 10.9. The number of carbonyl (C=O) groups is 1. The molecule has 0 radical (unpaired) electrons. The molecule has 1 N–H and O–H groups in total. The van der Waals surface area contributed by atoms with Crippen molar-refractivity contribution in [3.8, 4) is 0 Å². The Morgan fingerprint density at radius 2 is 1.88 bits per heavy atom. The normalized spacial score (nSPS) is 13.4. The lowest BCUT2D eigenvalue weighted by atomic mass is 9.71. The van der Waals surface area contributed by atoms with E-state index in [2.05, 4.69) is 19.1 Å². The predicted octanol–water partition coefficient (Wildman–Crippen LogP) is 3.68. The smallest absolute Gasteiger partial charge is 0.303 e. The van der Waals surface area contributed by atoms with E-state index in [-0.39, 0.29) is 11.8 Å². The van der Waals surface area contributed by atoms with Gasteiger partial charge in [-0.25, -0.2) is 0 Å². The van der Waals surface area contributed by atoms with Crippen molar-refractivity contribution in [2.24, 2.45) is 5.41 Å². The zero-order valence-electron chi connectivity index (χ0n) is 10.2. The van der Waals surface area contributed by atoms with Crippen LogP contribution in [0.25, 0.3) is 0 Å². The van der Waals surface area contributed by atoms with Crippen molar-refractivity contribution in [2.45, 2.75) is 39.5 Å². The zero-order chi connectivity index (χ0) is 12.2. The summed E-state index contributed by atoms with van der Waals surface area (Å²) < 4.78 is 0. The van der Waals surface area contributed by atoms with E-state index in [4.69, 9.17) is 5.11 Å². The molecule has 0 heterocycles. The van der Waals surface area contributed by atoms with Crippen molar-refractivity contribution in [2.75, 3.05) is 0 Å². The Kier molecular flexibility index (Phi) is 4.11. The van der Waals surface area contributed by atoms with Gasteiger partial charge in [0.25, 0.3) is 0 Å². The fourth-order valence-corrected chi connectivity index (χ4v) is 2.44. The van der Waals surface area contributed by atoms with Crippen LogP contribution in [0.3, 0.4) is 0 Å². The molecule has 0 fully saturated rings. The third-order valence-corrected chi connectivity index (χ3v) is 3.16. The van der Waals surface area contributed by atoms with E-state index in [1.54, 1.807) is 0 Å². The topological polar surface area (TPSA) is 37.3 Å². The summed E-state index contributed by atoms with van der Waals surface area (Å²) in [5, 5.41) is 8.94. The largest absolute Gasteiger partial charge is 0.481 e. The van der Waals surface area contributed by atoms with Crippen LogP contribution in [0.4, 0.5) is 0 Å². The average Bonchev–Trinajstić information content (AvgIpc) is 2.17. The molecule has 0 aliphatic carbocycles. The van der Waals surface area contributed by atoms with Crippen molar-refractivity contribution in [3.05, 3.63) is 35.9 Å². The molecule has 16 heavy (non-hydrogen) atoms. The standard InChI is InChI=1S/C14H20O2/c1-4-12(11-8-6-5-7-9-11)14(2,3)10-13(15)16/h5-9,12H,4,10H2,1-3H3,(H,15,16)/t12-/m0/s1. The second-order valence-electron chi connectivity index (χ2n) is 4.93. The van der Waals surface area contributed by atoms with Crippen LogP contribution in [0.2, 0.25) is 0 Å². The Labute approximate surface area is 97.3 Å². The van der Waals surface area contributed by atoms with E-state index in [0.717, 1.165) is 6.42 Å². The number of aliphatic carboxylic acids is 1. The summed E-state index contributed by atoms with van der Waals surface area (Å²) in [6, 6.07) is 10.2. The molecule has 0 aliphatic heterocycles. The molecule has 0 amide bonds. The molecule has 0 aromatic heterocycles. The molecule has 0 spiro atoms. The summed E-state index contributed by atoms with van der Waals surface area (Å²) in [5.41, 5.74) is 1.03. The van der Waals surface area contributed by atoms with Gasteiger partial charge in [0.2, 0.25) is 0 Å². The minimum Gasteiger partial charge on any atom is -0.481 e. The summed E-state index contributed by atoms with van der Waals surface area (Å²) in [5.74, 6) is -0.427. The minimum absolute atomic E-state index is 0.206. The molecule has 0 saturated heterocycles. The van der Waals surface area contributed by atoms with Gasteiger partial charge in [-0.1, -0.05) is 51.1 Å².